The number of allylic oxidation sites excluding steroid dienone is 1. The van der Waals surface area contributed by atoms with Gasteiger partial charge < -0.3 is 4.74 Å². The predicted molar refractivity (Wildman–Crippen MR) is 137 cm³/mol. The third kappa shape index (κ3) is 7.18. The molecule has 0 radical (unpaired) electrons. The molecule has 0 N–H and O–H groups in total. The maximum atomic E-state index is 14.9. The van der Waals surface area contributed by atoms with Gasteiger partial charge in [-0.1, -0.05) is 25.5 Å². The summed E-state index contributed by atoms with van der Waals surface area (Å²) >= 11 is 0. The fourth-order valence-electron chi connectivity index (χ4n) is 4.32. The van der Waals surface area contributed by atoms with Gasteiger partial charge in [-0.25, -0.2) is 26.3 Å². The third-order valence-corrected chi connectivity index (χ3v) is 6.23. The summed E-state index contributed by atoms with van der Waals surface area (Å²) in [6.07, 6.45) is -8.76. The van der Waals surface area contributed by atoms with Gasteiger partial charge in [0.05, 0.1) is 0 Å². The molecule has 226 valence electrons. The van der Waals surface area contributed by atoms with Crippen LogP contribution in [0, 0.1) is 34.9 Å². The fourth-order valence-corrected chi connectivity index (χ4v) is 4.32. The summed E-state index contributed by atoms with van der Waals surface area (Å²) in [7, 11) is 0. The Labute approximate surface area is 237 Å². The summed E-state index contributed by atoms with van der Waals surface area (Å²) in [5, 5.41) is 0. The number of alkyl halides is 5. The molecule has 0 amide bonds. The van der Waals surface area contributed by atoms with Crippen LogP contribution in [-0.4, -0.2) is 6.18 Å². The normalized spacial score (nSPS) is 12.3. The van der Waals surface area contributed by atoms with E-state index in [0.29, 0.717) is 24.6 Å². The fraction of sp³-hybridized carbons (Fsp3) is 0.161. The highest BCUT2D eigenvalue weighted by Gasteiger charge is 2.41. The second kappa shape index (κ2) is 12.1. The Morgan fingerprint density at radius 3 is 1.70 bits per heavy atom. The van der Waals surface area contributed by atoms with E-state index in [0.717, 1.165) is 42.5 Å². The Morgan fingerprint density at radius 2 is 1.16 bits per heavy atom. The van der Waals surface area contributed by atoms with Gasteiger partial charge in [0.15, 0.2) is 0 Å². The molecule has 0 heterocycles. The minimum atomic E-state index is -4.82. The first-order valence-electron chi connectivity index (χ1n) is 12.5. The van der Waals surface area contributed by atoms with Crippen molar-refractivity contribution in [3.63, 3.8) is 0 Å². The third-order valence-electron chi connectivity index (χ3n) is 6.23. The first kappa shape index (κ1) is 31.6. The van der Waals surface area contributed by atoms with Crippen molar-refractivity contribution in [2.45, 2.75) is 32.1 Å². The Bertz CT molecular complexity index is 1640. The van der Waals surface area contributed by atoms with Gasteiger partial charge in [-0.15, -0.1) is 0 Å². The van der Waals surface area contributed by atoms with Crippen molar-refractivity contribution in [3.8, 4) is 28.0 Å². The average Bonchev–Trinajstić information content (AvgIpc) is 2.87. The van der Waals surface area contributed by atoms with Crippen molar-refractivity contribution >= 4 is 6.08 Å². The van der Waals surface area contributed by atoms with Crippen LogP contribution in [0.2, 0.25) is 0 Å². The SMILES string of the molecule is CCCc1cc(F)c(C(F)(F)Oc2ccc(-c3ccc(-c4cc(F)c(C=CC(F)(F)F)c(F)c4)c(F)c3)c(F)c2)c(F)c1. The van der Waals surface area contributed by atoms with E-state index >= 15 is 0 Å². The molecular formula is C31H19F11O. The molecule has 0 unspecified atom stereocenters. The van der Waals surface area contributed by atoms with Gasteiger partial charge in [-0.2, -0.15) is 22.0 Å². The number of aryl methyl sites for hydroxylation is 1. The molecule has 0 bridgehead atoms. The molecule has 0 saturated heterocycles. The van der Waals surface area contributed by atoms with Gasteiger partial charge in [-0.05, 0) is 71.7 Å². The average molecular weight is 616 g/mol. The standard InChI is InChI=1S/C31H19F11O/c1-2-3-16-10-27(36)29(28(37)11-16)31(41,42)43-19-5-7-20(26(35)15-19)17-4-6-21(23(32)12-17)18-13-24(33)22(25(34)14-18)8-9-30(38,39)40/h4-15H,2-3H2,1H3. The predicted octanol–water partition coefficient (Wildman–Crippen LogP) is 10.5. The lowest BCUT2D eigenvalue weighted by Crippen LogP contribution is -2.25. The van der Waals surface area contributed by atoms with Crippen molar-refractivity contribution in [3.05, 3.63) is 118 Å². The molecule has 0 aliphatic heterocycles. The quantitative estimate of drug-likeness (QED) is 0.179. The number of halogens is 11. The van der Waals surface area contributed by atoms with Gasteiger partial charge in [0.25, 0.3) is 0 Å². The van der Waals surface area contributed by atoms with Gasteiger partial charge in [0.2, 0.25) is 0 Å². The highest BCUT2D eigenvalue weighted by Crippen LogP contribution is 2.38. The topological polar surface area (TPSA) is 9.23 Å². The molecule has 0 aromatic heterocycles. The maximum Gasteiger partial charge on any atom is 0.432 e. The van der Waals surface area contributed by atoms with Crippen LogP contribution in [0.3, 0.4) is 0 Å². The molecule has 0 aliphatic carbocycles. The number of ether oxygens (including phenoxy) is 1. The number of hydrogen-bond acceptors (Lipinski definition) is 1. The highest BCUT2D eigenvalue weighted by atomic mass is 19.4. The zero-order chi connectivity index (χ0) is 31.7. The van der Waals surface area contributed by atoms with Gasteiger partial charge in [0, 0.05) is 28.8 Å². The lowest BCUT2D eigenvalue weighted by atomic mass is 9.98. The molecule has 1 nitrogen and oxygen atoms in total. The van der Waals surface area contributed by atoms with Crippen LogP contribution in [0.25, 0.3) is 28.3 Å². The van der Waals surface area contributed by atoms with Crippen LogP contribution < -0.4 is 4.74 Å². The number of rotatable bonds is 8. The zero-order valence-electron chi connectivity index (χ0n) is 21.9. The Balaban J connectivity index is 1.59. The summed E-state index contributed by atoms with van der Waals surface area (Å²) in [4.78, 5) is 0. The largest absolute Gasteiger partial charge is 0.432 e. The Hall–Kier alpha value is -4.35. The first-order valence-corrected chi connectivity index (χ1v) is 12.5. The van der Waals surface area contributed by atoms with Crippen LogP contribution in [0.4, 0.5) is 48.3 Å². The summed E-state index contributed by atoms with van der Waals surface area (Å²) in [5.74, 6) is -8.97. The Morgan fingerprint density at radius 1 is 0.628 bits per heavy atom. The number of benzene rings is 4. The summed E-state index contributed by atoms with van der Waals surface area (Å²) in [5.41, 5.74) is -3.67. The second-order valence-corrected chi connectivity index (χ2v) is 9.37. The summed E-state index contributed by atoms with van der Waals surface area (Å²) < 4.78 is 158. The zero-order valence-corrected chi connectivity index (χ0v) is 21.9. The molecule has 4 aromatic carbocycles. The molecular weight excluding hydrogens is 597 g/mol. The molecule has 12 heteroatoms. The van der Waals surface area contributed by atoms with E-state index < -0.39 is 64.1 Å². The molecule has 0 fully saturated rings. The van der Waals surface area contributed by atoms with Gasteiger partial charge in [0.1, 0.15) is 46.2 Å². The molecule has 0 spiro atoms. The van der Waals surface area contributed by atoms with Crippen LogP contribution in [0.15, 0.2) is 66.7 Å². The van der Waals surface area contributed by atoms with E-state index in [-0.39, 0.29) is 46.4 Å². The molecule has 0 atom stereocenters. The first-order chi connectivity index (χ1) is 20.1. The van der Waals surface area contributed by atoms with Gasteiger partial charge >= 0.3 is 12.3 Å². The van der Waals surface area contributed by atoms with Crippen LogP contribution in [0.5, 0.6) is 5.75 Å². The van der Waals surface area contributed by atoms with Crippen LogP contribution >= 0.6 is 0 Å². The lowest BCUT2D eigenvalue weighted by molar-refractivity contribution is -0.189. The molecule has 0 aliphatic rings. The number of hydrogen-bond donors (Lipinski definition) is 0. The molecule has 0 saturated carbocycles. The Kier molecular flexibility index (Phi) is 8.89. The van der Waals surface area contributed by atoms with Crippen molar-refractivity contribution in [1.82, 2.24) is 0 Å². The van der Waals surface area contributed by atoms with Crippen molar-refractivity contribution in [1.29, 1.82) is 0 Å². The van der Waals surface area contributed by atoms with Gasteiger partial charge in [-0.3, -0.25) is 0 Å². The van der Waals surface area contributed by atoms with E-state index in [1.165, 1.54) is 0 Å². The molecule has 4 aromatic rings. The second-order valence-electron chi connectivity index (χ2n) is 9.37. The molecule has 43 heavy (non-hydrogen) atoms. The van der Waals surface area contributed by atoms with Crippen molar-refractivity contribution in [2.24, 2.45) is 0 Å². The maximum absolute atomic E-state index is 14.9. The van der Waals surface area contributed by atoms with E-state index in [1.54, 1.807) is 6.92 Å². The van der Waals surface area contributed by atoms with Crippen molar-refractivity contribution < 1.29 is 53.0 Å². The molecule has 4 rings (SSSR count). The van der Waals surface area contributed by atoms with E-state index in [4.69, 9.17) is 0 Å². The summed E-state index contributed by atoms with van der Waals surface area (Å²) in [6, 6.07) is 7.97. The van der Waals surface area contributed by atoms with Crippen LogP contribution in [-0.2, 0) is 12.5 Å². The summed E-state index contributed by atoms with van der Waals surface area (Å²) in [6.45, 7) is 1.73. The monoisotopic (exact) mass is 616 g/mol. The van der Waals surface area contributed by atoms with Crippen LogP contribution in [0.1, 0.15) is 30.0 Å². The minimum absolute atomic E-state index is 0.133. The lowest BCUT2D eigenvalue weighted by Gasteiger charge is -2.20. The minimum Gasteiger partial charge on any atom is -0.429 e. The smallest absolute Gasteiger partial charge is 0.429 e. The van der Waals surface area contributed by atoms with E-state index in [2.05, 4.69) is 4.74 Å². The van der Waals surface area contributed by atoms with Crippen molar-refractivity contribution in [2.75, 3.05) is 0 Å². The van der Waals surface area contributed by atoms with E-state index in [1.807, 2.05) is 0 Å². The highest BCUT2D eigenvalue weighted by molar-refractivity contribution is 5.73. The van der Waals surface area contributed by atoms with E-state index in [9.17, 15) is 48.3 Å².